The van der Waals surface area contributed by atoms with Crippen molar-refractivity contribution in [1.82, 2.24) is 20.8 Å². The summed E-state index contributed by atoms with van der Waals surface area (Å²) in [6, 6.07) is 0.427. The Kier molecular flexibility index (Phi) is 2.80. The maximum atomic E-state index is 11.7. The summed E-state index contributed by atoms with van der Waals surface area (Å²) in [6.07, 6.45) is 5.44. The van der Waals surface area contributed by atoms with Crippen molar-refractivity contribution in [1.29, 1.82) is 0 Å². The van der Waals surface area contributed by atoms with Gasteiger partial charge in [0, 0.05) is 6.04 Å². The van der Waals surface area contributed by atoms with Gasteiger partial charge in [0.05, 0.1) is 6.04 Å². The minimum Gasteiger partial charge on any atom is -0.346 e. The zero-order valence-electron chi connectivity index (χ0n) is 9.61. The molecule has 0 spiro atoms. The van der Waals surface area contributed by atoms with Crippen LogP contribution in [-0.4, -0.2) is 28.6 Å². The van der Waals surface area contributed by atoms with Crippen LogP contribution in [0.1, 0.15) is 54.7 Å². The molecule has 1 amide bonds. The van der Waals surface area contributed by atoms with Gasteiger partial charge in [-0.2, -0.15) is 4.98 Å². The molecule has 6 heteroatoms. The summed E-state index contributed by atoms with van der Waals surface area (Å²) < 4.78 is 5.14. The van der Waals surface area contributed by atoms with Crippen molar-refractivity contribution in [3.05, 3.63) is 11.7 Å². The minimum absolute atomic E-state index is 0.110. The van der Waals surface area contributed by atoms with Crippen LogP contribution < -0.4 is 10.6 Å². The Labute approximate surface area is 99.2 Å². The van der Waals surface area contributed by atoms with E-state index in [1.165, 1.54) is 6.42 Å². The van der Waals surface area contributed by atoms with Crippen molar-refractivity contribution in [2.24, 2.45) is 0 Å². The highest BCUT2D eigenvalue weighted by Crippen LogP contribution is 2.22. The number of carbonyl (C=O) groups excluding carboxylic acids is 1. The van der Waals surface area contributed by atoms with E-state index in [1.54, 1.807) is 0 Å². The summed E-state index contributed by atoms with van der Waals surface area (Å²) >= 11 is 0. The maximum absolute atomic E-state index is 11.7. The maximum Gasteiger partial charge on any atom is 0.292 e. The molecule has 1 atom stereocenters. The third-order valence-electron chi connectivity index (χ3n) is 3.17. The van der Waals surface area contributed by atoms with Crippen LogP contribution in [0.2, 0.25) is 0 Å². The molecule has 1 aliphatic heterocycles. The molecule has 2 aliphatic rings. The Morgan fingerprint density at radius 2 is 2.24 bits per heavy atom. The highest BCUT2D eigenvalue weighted by Gasteiger charge is 2.27. The van der Waals surface area contributed by atoms with Gasteiger partial charge in [0.2, 0.25) is 5.89 Å². The van der Waals surface area contributed by atoms with E-state index in [9.17, 15) is 4.79 Å². The Morgan fingerprint density at radius 1 is 1.35 bits per heavy atom. The van der Waals surface area contributed by atoms with Gasteiger partial charge >= 0.3 is 0 Å². The van der Waals surface area contributed by atoms with Crippen molar-refractivity contribution in [3.63, 3.8) is 0 Å². The van der Waals surface area contributed by atoms with E-state index < -0.39 is 0 Å². The Morgan fingerprint density at radius 3 is 2.94 bits per heavy atom. The first-order valence-corrected chi connectivity index (χ1v) is 6.21. The molecule has 1 aromatic rings. The van der Waals surface area contributed by atoms with Gasteiger partial charge in [0.15, 0.2) is 0 Å². The fourth-order valence-corrected chi connectivity index (χ4v) is 2.01. The van der Waals surface area contributed by atoms with Crippen LogP contribution in [-0.2, 0) is 0 Å². The fourth-order valence-electron chi connectivity index (χ4n) is 2.01. The lowest BCUT2D eigenvalue weighted by atomic mass is 10.1. The number of rotatable bonds is 3. The molecule has 0 radical (unpaired) electrons. The first-order valence-electron chi connectivity index (χ1n) is 6.21. The van der Waals surface area contributed by atoms with Gasteiger partial charge in [-0.15, -0.1) is 0 Å². The second-order valence-electron chi connectivity index (χ2n) is 4.71. The zero-order valence-corrected chi connectivity index (χ0v) is 9.61. The lowest BCUT2D eigenvalue weighted by Crippen LogP contribution is -2.28. The van der Waals surface area contributed by atoms with Crippen LogP contribution in [0.5, 0.6) is 0 Å². The molecule has 1 aliphatic carbocycles. The highest BCUT2D eigenvalue weighted by molar-refractivity contribution is 5.90. The molecular weight excluding hydrogens is 220 g/mol. The first kappa shape index (κ1) is 10.7. The summed E-state index contributed by atoms with van der Waals surface area (Å²) in [5, 5.41) is 9.89. The fraction of sp³-hybridized carbons (Fsp3) is 0.727. The van der Waals surface area contributed by atoms with Gasteiger partial charge in [-0.1, -0.05) is 11.6 Å². The van der Waals surface area contributed by atoms with Gasteiger partial charge < -0.3 is 15.2 Å². The topological polar surface area (TPSA) is 80.0 Å². The molecule has 92 valence electrons. The number of nitrogens with zero attached hydrogens (tertiary/aromatic N) is 2. The minimum atomic E-state index is -0.224. The summed E-state index contributed by atoms with van der Waals surface area (Å²) in [4.78, 5) is 15.8. The third-order valence-corrected chi connectivity index (χ3v) is 3.17. The molecule has 1 saturated heterocycles. The molecule has 6 nitrogen and oxygen atoms in total. The number of aromatic nitrogens is 2. The Hall–Kier alpha value is -1.43. The third kappa shape index (κ3) is 2.46. The average molecular weight is 236 g/mol. The predicted molar refractivity (Wildman–Crippen MR) is 59.4 cm³/mol. The molecule has 1 saturated carbocycles. The summed E-state index contributed by atoms with van der Waals surface area (Å²) in [6.45, 7) is 0.969. The molecule has 2 heterocycles. The van der Waals surface area contributed by atoms with E-state index in [1.807, 2.05) is 0 Å². The van der Waals surface area contributed by atoms with E-state index in [-0.39, 0.29) is 17.8 Å². The number of hydrogen-bond donors (Lipinski definition) is 2. The summed E-state index contributed by atoms with van der Waals surface area (Å²) in [7, 11) is 0. The smallest absolute Gasteiger partial charge is 0.292 e. The van der Waals surface area contributed by atoms with E-state index in [2.05, 4.69) is 20.8 Å². The zero-order chi connectivity index (χ0) is 11.7. The second-order valence-corrected chi connectivity index (χ2v) is 4.71. The number of amides is 1. The van der Waals surface area contributed by atoms with Crippen LogP contribution in [0.15, 0.2) is 4.52 Å². The van der Waals surface area contributed by atoms with Gasteiger partial charge in [-0.05, 0) is 32.2 Å². The monoisotopic (exact) mass is 236 g/mol. The van der Waals surface area contributed by atoms with Gasteiger partial charge in [-0.25, -0.2) is 0 Å². The van der Waals surface area contributed by atoms with Crippen LogP contribution in [0, 0.1) is 0 Å². The standard InChI is InChI=1S/C11H16N4O2/c16-10(13-7-4-5-7)9-14-11(17-15-9)8-3-1-2-6-12-8/h7-8,12H,1-6H2,(H,13,16)/t8-/m1/s1. The van der Waals surface area contributed by atoms with Crippen LogP contribution in [0.3, 0.4) is 0 Å². The highest BCUT2D eigenvalue weighted by atomic mass is 16.5. The SMILES string of the molecule is O=C(NC1CC1)c1noc([C@H]2CCCCN2)n1. The molecule has 0 aromatic carbocycles. The van der Waals surface area contributed by atoms with E-state index in [0.717, 1.165) is 32.2 Å². The van der Waals surface area contributed by atoms with E-state index in [0.29, 0.717) is 11.9 Å². The molecule has 3 rings (SSSR count). The van der Waals surface area contributed by atoms with Gasteiger partial charge in [0.1, 0.15) is 0 Å². The number of nitrogens with one attached hydrogen (secondary N) is 2. The van der Waals surface area contributed by atoms with Crippen molar-refractivity contribution >= 4 is 5.91 Å². The lowest BCUT2D eigenvalue weighted by molar-refractivity contribution is 0.0937. The molecule has 0 bridgehead atoms. The quantitative estimate of drug-likeness (QED) is 0.810. The van der Waals surface area contributed by atoms with Crippen LogP contribution in [0.25, 0.3) is 0 Å². The average Bonchev–Trinajstić information content (AvgIpc) is 3.04. The number of hydrogen-bond acceptors (Lipinski definition) is 5. The first-order chi connectivity index (χ1) is 8.33. The molecule has 17 heavy (non-hydrogen) atoms. The van der Waals surface area contributed by atoms with E-state index in [4.69, 9.17) is 4.52 Å². The largest absolute Gasteiger partial charge is 0.346 e. The normalized spacial score (nSPS) is 24.6. The summed E-state index contributed by atoms with van der Waals surface area (Å²) in [5.74, 6) is 0.461. The van der Waals surface area contributed by atoms with Crippen LogP contribution in [0.4, 0.5) is 0 Å². The second kappa shape index (κ2) is 4.44. The number of piperidine rings is 1. The molecular formula is C11H16N4O2. The van der Waals surface area contributed by atoms with Crippen molar-refractivity contribution in [2.45, 2.75) is 44.2 Å². The van der Waals surface area contributed by atoms with Crippen molar-refractivity contribution in [2.75, 3.05) is 6.54 Å². The van der Waals surface area contributed by atoms with Crippen molar-refractivity contribution in [3.8, 4) is 0 Å². The Balaban J connectivity index is 1.65. The molecule has 2 N–H and O–H groups in total. The molecule has 0 unspecified atom stereocenters. The van der Waals surface area contributed by atoms with Gasteiger partial charge in [-0.3, -0.25) is 4.79 Å². The molecule has 2 fully saturated rings. The van der Waals surface area contributed by atoms with Crippen molar-refractivity contribution < 1.29 is 9.32 Å². The van der Waals surface area contributed by atoms with Gasteiger partial charge in [0.25, 0.3) is 11.7 Å². The molecule has 1 aromatic heterocycles. The number of carbonyl (C=O) groups is 1. The van der Waals surface area contributed by atoms with Crippen LogP contribution >= 0.6 is 0 Å². The predicted octanol–water partition coefficient (Wildman–Crippen LogP) is 0.776. The lowest BCUT2D eigenvalue weighted by Gasteiger charge is -2.19. The Bertz CT molecular complexity index is 407. The van der Waals surface area contributed by atoms with E-state index >= 15 is 0 Å². The summed E-state index contributed by atoms with van der Waals surface area (Å²) in [5.41, 5.74) is 0.